The smallest absolute Gasteiger partial charge is 0.0998 e. The first-order valence-electron chi connectivity index (χ1n) is 6.32. The zero-order chi connectivity index (χ0) is 12.8. The molecule has 0 aliphatic rings. The monoisotopic (exact) mass is 261 g/mol. The maximum Gasteiger partial charge on any atom is 0.0998 e. The summed E-state index contributed by atoms with van der Waals surface area (Å²) < 4.78 is 0. The van der Waals surface area contributed by atoms with Crippen LogP contribution in [0.2, 0.25) is 0 Å². The molecular weight excluding hydrogens is 242 g/mol. The van der Waals surface area contributed by atoms with Crippen molar-refractivity contribution >= 4 is 11.3 Å². The van der Waals surface area contributed by atoms with E-state index in [1.807, 2.05) is 18.2 Å². The van der Waals surface area contributed by atoms with Crippen molar-refractivity contribution in [1.82, 2.24) is 15.3 Å². The van der Waals surface area contributed by atoms with Crippen LogP contribution in [0.4, 0.5) is 0 Å². The average Bonchev–Trinajstić information content (AvgIpc) is 2.84. The highest BCUT2D eigenvalue weighted by Crippen LogP contribution is 2.19. The van der Waals surface area contributed by atoms with Crippen LogP contribution in [-0.2, 0) is 6.42 Å². The molecule has 0 unspecified atom stereocenters. The normalized spacial score (nSPS) is 11.1. The molecule has 0 saturated carbocycles. The molecule has 2 aromatic rings. The molecule has 1 N–H and O–H groups in total. The molecule has 0 saturated heterocycles. The molecule has 0 fully saturated rings. The summed E-state index contributed by atoms with van der Waals surface area (Å²) in [6.07, 6.45) is 2.79. The van der Waals surface area contributed by atoms with Crippen molar-refractivity contribution in [2.75, 3.05) is 13.1 Å². The van der Waals surface area contributed by atoms with Crippen molar-refractivity contribution in [1.29, 1.82) is 0 Å². The average molecular weight is 261 g/mol. The Hall–Kier alpha value is -1.26. The van der Waals surface area contributed by atoms with Crippen LogP contribution < -0.4 is 5.32 Å². The van der Waals surface area contributed by atoms with E-state index in [1.54, 1.807) is 17.5 Å². The van der Waals surface area contributed by atoms with Crippen molar-refractivity contribution < 1.29 is 0 Å². The Labute approximate surface area is 112 Å². The van der Waals surface area contributed by atoms with Crippen LogP contribution in [0.5, 0.6) is 0 Å². The maximum atomic E-state index is 4.61. The van der Waals surface area contributed by atoms with Crippen LogP contribution in [0.15, 0.2) is 29.8 Å². The highest BCUT2D eigenvalue weighted by molar-refractivity contribution is 7.09. The molecule has 2 aromatic heterocycles. The van der Waals surface area contributed by atoms with Crippen LogP contribution in [0, 0.1) is 5.92 Å². The highest BCUT2D eigenvalue weighted by atomic mass is 32.1. The third-order valence-corrected chi connectivity index (χ3v) is 3.46. The molecule has 0 atom stereocenters. The van der Waals surface area contributed by atoms with Crippen LogP contribution in [-0.4, -0.2) is 23.1 Å². The lowest BCUT2D eigenvalue weighted by molar-refractivity contribution is 0.554. The largest absolute Gasteiger partial charge is 0.316 e. The van der Waals surface area contributed by atoms with Gasteiger partial charge in [-0.1, -0.05) is 19.9 Å². The lowest BCUT2D eigenvalue weighted by atomic mass is 10.2. The summed E-state index contributed by atoms with van der Waals surface area (Å²) in [6.45, 7) is 6.50. The standard InChI is InChI=1S/C14H19N3S/c1-11(2)9-15-8-6-14-17-13(10-18-14)12-5-3-4-7-16-12/h3-5,7,10-11,15H,6,8-9H2,1-2H3. The van der Waals surface area contributed by atoms with E-state index in [4.69, 9.17) is 0 Å². The first-order chi connectivity index (χ1) is 8.75. The molecular formula is C14H19N3S. The van der Waals surface area contributed by atoms with Crippen LogP contribution in [0.25, 0.3) is 11.4 Å². The van der Waals surface area contributed by atoms with Crippen LogP contribution >= 0.6 is 11.3 Å². The molecule has 0 aromatic carbocycles. The minimum Gasteiger partial charge on any atom is -0.316 e. The van der Waals surface area contributed by atoms with Gasteiger partial charge in [-0.25, -0.2) is 4.98 Å². The van der Waals surface area contributed by atoms with Crippen molar-refractivity contribution in [3.05, 3.63) is 34.8 Å². The predicted molar refractivity (Wildman–Crippen MR) is 76.8 cm³/mol. The van der Waals surface area contributed by atoms with E-state index < -0.39 is 0 Å². The van der Waals surface area contributed by atoms with Crippen molar-refractivity contribution in [2.24, 2.45) is 5.92 Å². The summed E-state index contributed by atoms with van der Waals surface area (Å²) in [7, 11) is 0. The Morgan fingerprint density at radius 2 is 2.17 bits per heavy atom. The molecule has 2 heterocycles. The number of nitrogens with zero attached hydrogens (tertiary/aromatic N) is 2. The summed E-state index contributed by atoms with van der Waals surface area (Å²) in [6, 6.07) is 5.91. The second-order valence-electron chi connectivity index (χ2n) is 4.69. The molecule has 3 nitrogen and oxygen atoms in total. The van der Waals surface area contributed by atoms with Crippen LogP contribution in [0.1, 0.15) is 18.9 Å². The second kappa shape index (κ2) is 6.61. The Kier molecular flexibility index (Phi) is 4.84. The summed E-state index contributed by atoms with van der Waals surface area (Å²) in [5.74, 6) is 0.699. The van der Waals surface area contributed by atoms with Gasteiger partial charge in [-0.15, -0.1) is 11.3 Å². The number of hydrogen-bond acceptors (Lipinski definition) is 4. The highest BCUT2D eigenvalue weighted by Gasteiger charge is 2.04. The summed E-state index contributed by atoms with van der Waals surface area (Å²) >= 11 is 1.71. The molecule has 0 radical (unpaired) electrons. The first-order valence-corrected chi connectivity index (χ1v) is 7.20. The van der Waals surface area contributed by atoms with Crippen molar-refractivity contribution in [3.8, 4) is 11.4 Å². The molecule has 0 aliphatic heterocycles. The van der Waals surface area contributed by atoms with Gasteiger partial charge in [0.2, 0.25) is 0 Å². The zero-order valence-electron chi connectivity index (χ0n) is 10.9. The van der Waals surface area contributed by atoms with Gasteiger partial charge in [0.05, 0.1) is 16.4 Å². The van der Waals surface area contributed by atoms with E-state index in [9.17, 15) is 0 Å². The molecule has 0 spiro atoms. The number of hydrogen-bond donors (Lipinski definition) is 1. The quantitative estimate of drug-likeness (QED) is 0.812. The first kappa shape index (κ1) is 13.2. The SMILES string of the molecule is CC(C)CNCCc1nc(-c2ccccn2)cs1. The van der Waals surface area contributed by atoms with Crippen molar-refractivity contribution in [2.45, 2.75) is 20.3 Å². The van der Waals surface area contributed by atoms with E-state index >= 15 is 0 Å². The summed E-state index contributed by atoms with van der Waals surface area (Å²) in [5, 5.41) is 6.69. The zero-order valence-corrected chi connectivity index (χ0v) is 11.7. The van der Waals surface area contributed by atoms with Crippen LogP contribution in [0.3, 0.4) is 0 Å². The van der Waals surface area contributed by atoms with Gasteiger partial charge >= 0.3 is 0 Å². The van der Waals surface area contributed by atoms with Gasteiger partial charge in [0.1, 0.15) is 0 Å². The fraction of sp³-hybridized carbons (Fsp3) is 0.429. The molecule has 2 rings (SSSR count). The van der Waals surface area contributed by atoms with Crippen molar-refractivity contribution in [3.63, 3.8) is 0 Å². The summed E-state index contributed by atoms with van der Waals surface area (Å²) in [5.41, 5.74) is 1.94. The van der Waals surface area contributed by atoms with Gasteiger partial charge < -0.3 is 5.32 Å². The van der Waals surface area contributed by atoms with Gasteiger partial charge in [0.25, 0.3) is 0 Å². The Balaban J connectivity index is 1.87. The van der Waals surface area contributed by atoms with E-state index in [1.165, 1.54) is 5.01 Å². The van der Waals surface area contributed by atoms with E-state index in [-0.39, 0.29) is 0 Å². The number of pyridine rings is 1. The molecule has 0 amide bonds. The molecule has 4 heteroatoms. The van der Waals surface area contributed by atoms with E-state index in [0.29, 0.717) is 5.92 Å². The fourth-order valence-corrected chi connectivity index (χ4v) is 2.44. The van der Waals surface area contributed by atoms with Gasteiger partial charge in [-0.2, -0.15) is 0 Å². The van der Waals surface area contributed by atoms with E-state index in [0.717, 1.165) is 30.9 Å². The predicted octanol–water partition coefficient (Wildman–Crippen LogP) is 2.99. The number of rotatable bonds is 6. The molecule has 0 bridgehead atoms. The minimum atomic E-state index is 0.699. The van der Waals surface area contributed by atoms with E-state index in [2.05, 4.69) is 34.5 Å². The molecule has 96 valence electrons. The molecule has 0 aliphatic carbocycles. The van der Waals surface area contributed by atoms with Gasteiger partial charge in [0.15, 0.2) is 0 Å². The topological polar surface area (TPSA) is 37.8 Å². The Bertz CT molecular complexity index is 465. The number of aromatic nitrogens is 2. The lowest BCUT2D eigenvalue weighted by Crippen LogP contribution is -2.22. The maximum absolute atomic E-state index is 4.61. The Morgan fingerprint density at radius 1 is 1.28 bits per heavy atom. The second-order valence-corrected chi connectivity index (χ2v) is 5.63. The lowest BCUT2D eigenvalue weighted by Gasteiger charge is -2.05. The Morgan fingerprint density at radius 3 is 2.89 bits per heavy atom. The molecule has 18 heavy (non-hydrogen) atoms. The van der Waals surface area contributed by atoms with Gasteiger partial charge in [-0.05, 0) is 24.6 Å². The van der Waals surface area contributed by atoms with Gasteiger partial charge in [0, 0.05) is 24.5 Å². The third kappa shape index (κ3) is 3.89. The van der Waals surface area contributed by atoms with Gasteiger partial charge in [-0.3, -0.25) is 4.98 Å². The summed E-state index contributed by atoms with van der Waals surface area (Å²) in [4.78, 5) is 8.92. The third-order valence-electron chi connectivity index (χ3n) is 2.55. The number of nitrogens with one attached hydrogen (secondary N) is 1. The fourth-order valence-electron chi connectivity index (χ4n) is 1.64. The number of thiazole rings is 1. The minimum absolute atomic E-state index is 0.699.